The maximum Gasteiger partial charge on any atom is 0.0645 e. The van der Waals surface area contributed by atoms with Gasteiger partial charge in [-0.15, -0.1) is 0 Å². The molecule has 2 rings (SSSR count). The van der Waals surface area contributed by atoms with Gasteiger partial charge in [-0.3, -0.25) is 0 Å². The first-order valence-electron chi connectivity index (χ1n) is 7.20. The standard InChI is InChI=1S/C16H23N3/c1-2-3-4-11-17-13-10-15-6-8-16(9-7-15)19-14-5-12-18-19/h5-9,12,14,17H,2-4,10-11,13H2,1H3. The van der Waals surface area contributed by atoms with Crippen LogP contribution in [0.25, 0.3) is 5.69 Å². The first-order valence-corrected chi connectivity index (χ1v) is 7.20. The molecule has 1 N–H and O–H groups in total. The average Bonchev–Trinajstić information content (AvgIpc) is 2.97. The summed E-state index contributed by atoms with van der Waals surface area (Å²) in [4.78, 5) is 0. The molecule has 0 spiro atoms. The lowest BCUT2D eigenvalue weighted by molar-refractivity contribution is 0.617. The lowest BCUT2D eigenvalue weighted by atomic mass is 10.1. The van der Waals surface area contributed by atoms with Crippen molar-refractivity contribution in [2.24, 2.45) is 0 Å². The zero-order valence-electron chi connectivity index (χ0n) is 11.7. The summed E-state index contributed by atoms with van der Waals surface area (Å²) in [6.07, 6.45) is 8.75. The molecule has 0 amide bonds. The van der Waals surface area contributed by atoms with Crippen LogP contribution in [0.2, 0.25) is 0 Å². The fourth-order valence-corrected chi connectivity index (χ4v) is 2.09. The smallest absolute Gasteiger partial charge is 0.0645 e. The van der Waals surface area contributed by atoms with E-state index >= 15 is 0 Å². The van der Waals surface area contributed by atoms with E-state index in [1.54, 1.807) is 6.20 Å². The Labute approximate surface area is 115 Å². The monoisotopic (exact) mass is 257 g/mol. The number of hydrogen-bond donors (Lipinski definition) is 1. The molecule has 3 nitrogen and oxygen atoms in total. The maximum absolute atomic E-state index is 4.22. The van der Waals surface area contributed by atoms with Crippen molar-refractivity contribution in [1.82, 2.24) is 15.1 Å². The molecule has 0 radical (unpaired) electrons. The van der Waals surface area contributed by atoms with Crippen LogP contribution in [0, 0.1) is 0 Å². The number of benzene rings is 1. The summed E-state index contributed by atoms with van der Waals surface area (Å²) in [5, 5.41) is 7.72. The topological polar surface area (TPSA) is 29.9 Å². The average molecular weight is 257 g/mol. The second kappa shape index (κ2) is 7.74. The minimum Gasteiger partial charge on any atom is -0.316 e. The Morgan fingerprint density at radius 1 is 1.11 bits per heavy atom. The van der Waals surface area contributed by atoms with Crippen molar-refractivity contribution >= 4 is 0 Å². The highest BCUT2D eigenvalue weighted by Crippen LogP contribution is 2.08. The first-order chi connectivity index (χ1) is 9.40. The Balaban J connectivity index is 1.73. The lowest BCUT2D eigenvalue weighted by Gasteiger charge is -2.06. The molecule has 3 heteroatoms. The van der Waals surface area contributed by atoms with E-state index in [4.69, 9.17) is 0 Å². The van der Waals surface area contributed by atoms with Crippen molar-refractivity contribution < 1.29 is 0 Å². The summed E-state index contributed by atoms with van der Waals surface area (Å²) in [6.45, 7) is 4.44. The van der Waals surface area contributed by atoms with E-state index < -0.39 is 0 Å². The van der Waals surface area contributed by atoms with E-state index in [2.05, 4.69) is 41.6 Å². The Morgan fingerprint density at radius 3 is 2.63 bits per heavy atom. The van der Waals surface area contributed by atoms with Crippen LogP contribution in [0.3, 0.4) is 0 Å². The van der Waals surface area contributed by atoms with Crippen LogP contribution >= 0.6 is 0 Å². The molecule has 102 valence electrons. The number of aromatic nitrogens is 2. The van der Waals surface area contributed by atoms with E-state index in [0.717, 1.165) is 25.2 Å². The lowest BCUT2D eigenvalue weighted by Crippen LogP contribution is -2.18. The highest BCUT2D eigenvalue weighted by Gasteiger charge is 1.97. The number of unbranched alkanes of at least 4 members (excludes halogenated alkanes) is 2. The van der Waals surface area contributed by atoms with Gasteiger partial charge in [-0.2, -0.15) is 5.10 Å². The van der Waals surface area contributed by atoms with Crippen LogP contribution in [-0.4, -0.2) is 22.9 Å². The van der Waals surface area contributed by atoms with Gasteiger partial charge in [0.2, 0.25) is 0 Å². The van der Waals surface area contributed by atoms with E-state index in [0.29, 0.717) is 0 Å². The third-order valence-electron chi connectivity index (χ3n) is 3.25. The Bertz CT molecular complexity index is 445. The molecule has 0 aliphatic carbocycles. The number of hydrogen-bond acceptors (Lipinski definition) is 2. The second-order valence-electron chi connectivity index (χ2n) is 4.82. The fraction of sp³-hybridized carbons (Fsp3) is 0.438. The molecule has 0 saturated heterocycles. The van der Waals surface area contributed by atoms with Crippen LogP contribution < -0.4 is 5.32 Å². The van der Waals surface area contributed by atoms with E-state index in [1.807, 2.05) is 16.9 Å². The van der Waals surface area contributed by atoms with Gasteiger partial charge >= 0.3 is 0 Å². The Morgan fingerprint density at radius 2 is 1.95 bits per heavy atom. The van der Waals surface area contributed by atoms with Crippen LogP contribution in [-0.2, 0) is 6.42 Å². The third kappa shape index (κ3) is 4.52. The Kier molecular flexibility index (Phi) is 5.63. The summed E-state index contributed by atoms with van der Waals surface area (Å²) in [7, 11) is 0. The van der Waals surface area contributed by atoms with Crippen molar-refractivity contribution in [1.29, 1.82) is 0 Å². The predicted octanol–water partition coefficient (Wildman–Crippen LogP) is 3.19. The van der Waals surface area contributed by atoms with Crippen LogP contribution in [0.5, 0.6) is 0 Å². The second-order valence-corrected chi connectivity index (χ2v) is 4.82. The molecular weight excluding hydrogens is 234 g/mol. The van der Waals surface area contributed by atoms with Crippen molar-refractivity contribution in [3.05, 3.63) is 48.3 Å². The molecule has 0 aliphatic rings. The van der Waals surface area contributed by atoms with Crippen molar-refractivity contribution in [2.75, 3.05) is 13.1 Å². The molecule has 2 aromatic rings. The van der Waals surface area contributed by atoms with Gasteiger partial charge in [0, 0.05) is 12.4 Å². The van der Waals surface area contributed by atoms with E-state index in [9.17, 15) is 0 Å². The van der Waals surface area contributed by atoms with Gasteiger partial charge in [-0.05, 0) is 49.7 Å². The molecule has 0 unspecified atom stereocenters. The van der Waals surface area contributed by atoms with Crippen molar-refractivity contribution in [3.63, 3.8) is 0 Å². The zero-order chi connectivity index (χ0) is 13.3. The highest BCUT2D eigenvalue weighted by atomic mass is 15.3. The summed E-state index contributed by atoms with van der Waals surface area (Å²) < 4.78 is 1.88. The molecule has 0 fully saturated rings. The molecule has 1 aromatic heterocycles. The van der Waals surface area contributed by atoms with E-state index in [-0.39, 0.29) is 0 Å². The highest BCUT2D eigenvalue weighted by molar-refractivity contribution is 5.33. The molecule has 19 heavy (non-hydrogen) atoms. The molecular formula is C16H23N3. The molecule has 1 aromatic carbocycles. The summed E-state index contributed by atoms with van der Waals surface area (Å²) in [5.74, 6) is 0. The van der Waals surface area contributed by atoms with Crippen molar-refractivity contribution in [2.45, 2.75) is 32.6 Å². The maximum atomic E-state index is 4.22. The van der Waals surface area contributed by atoms with Crippen LogP contribution in [0.4, 0.5) is 0 Å². The van der Waals surface area contributed by atoms with Crippen LogP contribution in [0.15, 0.2) is 42.7 Å². The van der Waals surface area contributed by atoms with E-state index in [1.165, 1.54) is 24.8 Å². The number of rotatable bonds is 8. The molecule has 0 bridgehead atoms. The van der Waals surface area contributed by atoms with Gasteiger partial charge in [0.25, 0.3) is 0 Å². The van der Waals surface area contributed by atoms with Crippen LogP contribution in [0.1, 0.15) is 31.7 Å². The first kappa shape index (κ1) is 13.8. The fourth-order valence-electron chi connectivity index (χ4n) is 2.09. The minimum absolute atomic E-state index is 1.06. The summed E-state index contributed by atoms with van der Waals surface area (Å²) in [5.41, 5.74) is 2.49. The molecule has 0 saturated carbocycles. The van der Waals surface area contributed by atoms with Gasteiger partial charge in [0.15, 0.2) is 0 Å². The van der Waals surface area contributed by atoms with Gasteiger partial charge in [0.05, 0.1) is 5.69 Å². The number of nitrogens with one attached hydrogen (secondary N) is 1. The van der Waals surface area contributed by atoms with Gasteiger partial charge in [-0.1, -0.05) is 31.9 Å². The predicted molar refractivity (Wildman–Crippen MR) is 79.7 cm³/mol. The minimum atomic E-state index is 1.06. The molecule has 0 atom stereocenters. The quantitative estimate of drug-likeness (QED) is 0.736. The summed E-state index contributed by atoms with van der Waals surface area (Å²) in [6, 6.07) is 10.6. The van der Waals surface area contributed by atoms with Gasteiger partial charge in [0.1, 0.15) is 0 Å². The number of nitrogens with zero attached hydrogens (tertiary/aromatic N) is 2. The summed E-state index contributed by atoms with van der Waals surface area (Å²) >= 11 is 0. The Hall–Kier alpha value is -1.61. The largest absolute Gasteiger partial charge is 0.316 e. The third-order valence-corrected chi connectivity index (χ3v) is 3.25. The zero-order valence-corrected chi connectivity index (χ0v) is 11.7. The molecule has 1 heterocycles. The van der Waals surface area contributed by atoms with Gasteiger partial charge < -0.3 is 5.32 Å². The SMILES string of the molecule is CCCCCNCCc1ccc(-n2cccn2)cc1. The molecule has 0 aliphatic heterocycles. The van der Waals surface area contributed by atoms with Gasteiger partial charge in [-0.25, -0.2) is 4.68 Å². The normalized spacial score (nSPS) is 10.8. The van der Waals surface area contributed by atoms with Crippen molar-refractivity contribution in [3.8, 4) is 5.69 Å².